The second-order valence-corrected chi connectivity index (χ2v) is 5.22. The maximum atomic E-state index is 6.11. The highest BCUT2D eigenvalue weighted by atomic mass is 35.5. The van der Waals surface area contributed by atoms with Gasteiger partial charge in [0.15, 0.2) is 0 Å². The molecule has 2 aromatic rings. The topological polar surface area (TPSA) is 42.7 Å². The van der Waals surface area contributed by atoms with Gasteiger partial charge in [0.1, 0.15) is 12.2 Å². The van der Waals surface area contributed by atoms with Crippen LogP contribution in [0.25, 0.3) is 0 Å². The maximum absolute atomic E-state index is 6.11. The van der Waals surface area contributed by atoms with E-state index in [0.717, 1.165) is 35.9 Å². The summed E-state index contributed by atoms with van der Waals surface area (Å²) >= 11 is 6.11. The third-order valence-corrected chi connectivity index (χ3v) is 3.84. The first-order valence-electron chi connectivity index (χ1n) is 7.01. The quantitative estimate of drug-likeness (QED) is 0.889. The van der Waals surface area contributed by atoms with Crippen molar-refractivity contribution in [2.75, 3.05) is 6.54 Å². The summed E-state index contributed by atoms with van der Waals surface area (Å²) in [6.45, 7) is 7.97. The molecule has 0 aliphatic heterocycles. The highest BCUT2D eigenvalue weighted by Gasteiger charge is 2.15. The predicted octanol–water partition coefficient (Wildman–Crippen LogP) is 3.15. The maximum Gasteiger partial charge on any atom is 0.138 e. The molecule has 0 aliphatic rings. The van der Waals surface area contributed by atoms with Crippen LogP contribution >= 0.6 is 11.6 Å². The summed E-state index contributed by atoms with van der Waals surface area (Å²) in [5, 5.41) is 8.55. The standard InChI is InChI=1S/C15H21ClN4/c1-4-17-14(9-15-18-10-19-20(15)5-2)12-6-7-13(16)11(3)8-12/h6-8,10,14,17H,4-5,9H2,1-3H3. The molecular weight excluding hydrogens is 272 g/mol. The first-order valence-corrected chi connectivity index (χ1v) is 7.39. The Bertz CT molecular complexity index is 565. The number of nitrogens with zero attached hydrogens (tertiary/aromatic N) is 3. The minimum atomic E-state index is 0.227. The van der Waals surface area contributed by atoms with Gasteiger partial charge in [0.25, 0.3) is 0 Å². The average Bonchev–Trinajstić information content (AvgIpc) is 2.88. The van der Waals surface area contributed by atoms with Gasteiger partial charge in [-0.05, 0) is 37.6 Å². The van der Waals surface area contributed by atoms with Crippen molar-refractivity contribution in [1.82, 2.24) is 20.1 Å². The van der Waals surface area contributed by atoms with E-state index in [1.54, 1.807) is 6.33 Å². The Morgan fingerprint density at radius 3 is 2.80 bits per heavy atom. The van der Waals surface area contributed by atoms with Gasteiger partial charge in [0.2, 0.25) is 0 Å². The largest absolute Gasteiger partial charge is 0.310 e. The highest BCUT2D eigenvalue weighted by Crippen LogP contribution is 2.23. The fourth-order valence-corrected chi connectivity index (χ4v) is 2.45. The van der Waals surface area contributed by atoms with Crippen LogP contribution in [0, 0.1) is 6.92 Å². The second kappa shape index (κ2) is 6.86. The van der Waals surface area contributed by atoms with Gasteiger partial charge in [0.05, 0.1) is 0 Å². The highest BCUT2D eigenvalue weighted by molar-refractivity contribution is 6.31. The summed E-state index contributed by atoms with van der Waals surface area (Å²) in [6, 6.07) is 6.41. The molecule has 2 rings (SSSR count). The van der Waals surface area contributed by atoms with Crippen molar-refractivity contribution < 1.29 is 0 Å². The van der Waals surface area contributed by atoms with Crippen LogP contribution in [-0.4, -0.2) is 21.3 Å². The van der Waals surface area contributed by atoms with E-state index in [-0.39, 0.29) is 6.04 Å². The van der Waals surface area contributed by atoms with Gasteiger partial charge in [-0.1, -0.05) is 30.7 Å². The number of aromatic nitrogens is 3. The minimum Gasteiger partial charge on any atom is -0.310 e. The molecule has 1 aromatic carbocycles. The molecule has 0 fully saturated rings. The predicted molar refractivity (Wildman–Crippen MR) is 82.0 cm³/mol. The third-order valence-electron chi connectivity index (χ3n) is 3.42. The smallest absolute Gasteiger partial charge is 0.138 e. The van der Waals surface area contributed by atoms with E-state index in [1.807, 2.05) is 17.7 Å². The van der Waals surface area contributed by atoms with Crippen molar-refractivity contribution in [2.24, 2.45) is 0 Å². The zero-order valence-electron chi connectivity index (χ0n) is 12.2. The zero-order chi connectivity index (χ0) is 14.5. The molecule has 0 amide bonds. The molecule has 1 atom stereocenters. The van der Waals surface area contributed by atoms with Gasteiger partial charge in [-0.2, -0.15) is 5.10 Å². The molecule has 1 unspecified atom stereocenters. The van der Waals surface area contributed by atoms with E-state index >= 15 is 0 Å². The Morgan fingerprint density at radius 1 is 1.35 bits per heavy atom. The summed E-state index contributed by atoms with van der Waals surface area (Å²) in [6.07, 6.45) is 2.44. The normalized spacial score (nSPS) is 12.6. The summed E-state index contributed by atoms with van der Waals surface area (Å²) < 4.78 is 1.94. The molecule has 0 bridgehead atoms. The number of likely N-dealkylation sites (N-methyl/N-ethyl adjacent to an activating group) is 1. The molecule has 0 saturated heterocycles. The lowest BCUT2D eigenvalue weighted by Crippen LogP contribution is -2.24. The number of benzene rings is 1. The van der Waals surface area contributed by atoms with Crippen LogP contribution in [0.15, 0.2) is 24.5 Å². The Hall–Kier alpha value is -1.39. The van der Waals surface area contributed by atoms with Gasteiger partial charge in [0, 0.05) is 24.0 Å². The monoisotopic (exact) mass is 292 g/mol. The van der Waals surface area contributed by atoms with Crippen molar-refractivity contribution in [2.45, 2.75) is 39.8 Å². The van der Waals surface area contributed by atoms with E-state index in [4.69, 9.17) is 11.6 Å². The zero-order valence-corrected chi connectivity index (χ0v) is 13.0. The van der Waals surface area contributed by atoms with Gasteiger partial charge in [-0.3, -0.25) is 4.68 Å². The van der Waals surface area contributed by atoms with Crippen molar-refractivity contribution >= 4 is 11.6 Å². The van der Waals surface area contributed by atoms with Crippen molar-refractivity contribution in [3.63, 3.8) is 0 Å². The fourth-order valence-electron chi connectivity index (χ4n) is 2.33. The number of hydrogen-bond acceptors (Lipinski definition) is 3. The minimum absolute atomic E-state index is 0.227. The first kappa shape index (κ1) is 15.0. The summed E-state index contributed by atoms with van der Waals surface area (Å²) in [4.78, 5) is 4.36. The molecule has 0 aliphatic carbocycles. The number of rotatable bonds is 6. The second-order valence-electron chi connectivity index (χ2n) is 4.82. The number of hydrogen-bond donors (Lipinski definition) is 1. The van der Waals surface area contributed by atoms with Crippen LogP contribution in [0.5, 0.6) is 0 Å². The Labute approximate surface area is 125 Å². The van der Waals surface area contributed by atoms with E-state index in [2.05, 4.69) is 41.4 Å². The van der Waals surface area contributed by atoms with Gasteiger partial charge < -0.3 is 5.32 Å². The Kier molecular flexibility index (Phi) is 5.15. The number of aryl methyl sites for hydroxylation is 2. The van der Waals surface area contributed by atoms with E-state index in [9.17, 15) is 0 Å². The fraction of sp³-hybridized carbons (Fsp3) is 0.467. The molecule has 20 heavy (non-hydrogen) atoms. The molecule has 1 N–H and O–H groups in total. The summed E-state index contributed by atoms with van der Waals surface area (Å²) in [7, 11) is 0. The molecular formula is C15H21ClN4. The molecule has 4 nitrogen and oxygen atoms in total. The van der Waals surface area contributed by atoms with Crippen molar-refractivity contribution in [3.8, 4) is 0 Å². The molecule has 1 aromatic heterocycles. The SMILES string of the molecule is CCNC(Cc1ncnn1CC)c1ccc(Cl)c(C)c1. The van der Waals surface area contributed by atoms with E-state index < -0.39 is 0 Å². The molecule has 1 heterocycles. The lowest BCUT2D eigenvalue weighted by molar-refractivity contribution is 0.509. The third kappa shape index (κ3) is 3.38. The van der Waals surface area contributed by atoms with Crippen LogP contribution in [0.4, 0.5) is 0 Å². The van der Waals surface area contributed by atoms with Crippen molar-refractivity contribution in [3.05, 3.63) is 46.5 Å². The molecule has 0 radical (unpaired) electrons. The Balaban J connectivity index is 2.24. The van der Waals surface area contributed by atoms with Crippen LogP contribution in [-0.2, 0) is 13.0 Å². The van der Waals surface area contributed by atoms with E-state index in [0.29, 0.717) is 0 Å². The summed E-state index contributed by atoms with van der Waals surface area (Å²) in [5.41, 5.74) is 2.34. The molecule has 0 saturated carbocycles. The van der Waals surface area contributed by atoms with Crippen LogP contribution in [0.3, 0.4) is 0 Å². The first-order chi connectivity index (χ1) is 9.65. The van der Waals surface area contributed by atoms with Crippen LogP contribution < -0.4 is 5.32 Å². The van der Waals surface area contributed by atoms with Gasteiger partial charge in [-0.15, -0.1) is 0 Å². The average molecular weight is 293 g/mol. The number of nitrogens with one attached hydrogen (secondary N) is 1. The van der Waals surface area contributed by atoms with Gasteiger partial charge >= 0.3 is 0 Å². The molecule has 0 spiro atoms. The lowest BCUT2D eigenvalue weighted by atomic mass is 10.0. The number of halogens is 1. The van der Waals surface area contributed by atoms with E-state index in [1.165, 1.54) is 5.56 Å². The lowest BCUT2D eigenvalue weighted by Gasteiger charge is -2.19. The van der Waals surface area contributed by atoms with Crippen LogP contribution in [0.1, 0.15) is 36.8 Å². The summed E-state index contributed by atoms with van der Waals surface area (Å²) in [5.74, 6) is 1.01. The molecule has 5 heteroatoms. The van der Waals surface area contributed by atoms with Crippen molar-refractivity contribution in [1.29, 1.82) is 0 Å². The molecule has 108 valence electrons. The van der Waals surface area contributed by atoms with Gasteiger partial charge in [-0.25, -0.2) is 4.98 Å². The van der Waals surface area contributed by atoms with Crippen LogP contribution in [0.2, 0.25) is 5.02 Å². The Morgan fingerprint density at radius 2 is 2.15 bits per heavy atom.